The van der Waals surface area contributed by atoms with Gasteiger partial charge in [0.05, 0.1) is 0 Å². The second-order valence-electron chi connectivity index (χ2n) is 9.40. The molecule has 0 aromatic heterocycles. The molecule has 0 heterocycles. The topological polar surface area (TPSA) is 0 Å². The van der Waals surface area contributed by atoms with Crippen molar-refractivity contribution in [1.82, 2.24) is 0 Å². The van der Waals surface area contributed by atoms with Crippen molar-refractivity contribution in [2.45, 2.75) is 34.6 Å². The zero-order valence-corrected chi connectivity index (χ0v) is 24.8. The van der Waals surface area contributed by atoms with Gasteiger partial charge in [0.1, 0.15) is 0 Å². The predicted molar refractivity (Wildman–Crippen MR) is 138 cm³/mol. The van der Waals surface area contributed by atoms with Crippen molar-refractivity contribution in [1.29, 1.82) is 0 Å². The van der Waals surface area contributed by atoms with Crippen LogP contribution in [0, 0.1) is 23.2 Å². The maximum Gasteiger partial charge on any atom is -0.0771 e. The van der Waals surface area contributed by atoms with Crippen LogP contribution in [0.4, 0.5) is 4.39 Å². The minimum absolute atomic E-state index is 0. The van der Waals surface area contributed by atoms with Crippen molar-refractivity contribution in [3.63, 3.8) is 0 Å². The van der Waals surface area contributed by atoms with E-state index in [4.69, 9.17) is 0 Å². The molecule has 0 N–H and O–H groups in total. The Kier molecular flexibility index (Phi) is 12.6. The van der Waals surface area contributed by atoms with Crippen LogP contribution in [-0.4, -0.2) is 3.71 Å². The van der Waals surface area contributed by atoms with Crippen molar-refractivity contribution in [2.75, 3.05) is 0 Å². The molecule has 0 amide bonds. The standard InChI is InChI=1S/C13H9.C11H17.C7H5F.2ClH.Zr/c1-3-7-12-10(5-1)9-11-6-2-4-8-13(11)12;1-8-6-9(2)10(7-8)11(3,4)5;1-6-2-4-7(8)5-3-6;;;/h1-9H;7-8H,1-5H3;1-5H;2*1H;/q2*-1;;;;+2/p-2. The number of allylic oxidation sites excluding steroid dienone is 4. The maximum atomic E-state index is 12.2. The van der Waals surface area contributed by atoms with E-state index >= 15 is 0 Å². The van der Waals surface area contributed by atoms with Crippen LogP contribution in [0.2, 0.25) is 0 Å². The Labute approximate surface area is 236 Å². The monoisotopic (exact) mass is 582 g/mol. The third-order valence-electron chi connectivity index (χ3n) is 5.63. The van der Waals surface area contributed by atoms with Crippen LogP contribution in [0.25, 0.3) is 21.5 Å². The van der Waals surface area contributed by atoms with Gasteiger partial charge in [-0.3, -0.25) is 6.08 Å². The Balaban J connectivity index is 0.000000260. The van der Waals surface area contributed by atoms with Crippen molar-refractivity contribution in [2.24, 2.45) is 11.3 Å². The number of halogens is 3. The minimum Gasteiger partial charge on any atom is -1.00 e. The quantitative estimate of drug-likeness (QED) is 0.302. The number of fused-ring (bicyclic) bond motifs is 3. The van der Waals surface area contributed by atoms with Crippen molar-refractivity contribution in [3.8, 4) is 0 Å². The molecule has 1 aliphatic rings. The summed E-state index contributed by atoms with van der Waals surface area (Å²) in [7, 11) is 0. The molecule has 0 saturated heterocycles. The van der Waals surface area contributed by atoms with Gasteiger partial charge >= 0.3 is 68.0 Å². The summed E-state index contributed by atoms with van der Waals surface area (Å²) in [5.41, 5.74) is 4.19. The molecule has 0 aliphatic heterocycles. The van der Waals surface area contributed by atoms with E-state index < -0.39 is 0 Å². The second kappa shape index (κ2) is 14.1. The fourth-order valence-electron chi connectivity index (χ4n) is 4.11. The molecular weight excluding hydrogens is 553 g/mol. The van der Waals surface area contributed by atoms with E-state index in [-0.39, 0.29) is 30.6 Å². The fraction of sp³-hybridized carbons (Fsp3) is 0.226. The first-order valence-corrected chi connectivity index (χ1v) is 12.7. The summed E-state index contributed by atoms with van der Waals surface area (Å²) in [5.74, 6) is 0.348. The van der Waals surface area contributed by atoms with E-state index in [1.807, 2.05) is 3.71 Å². The van der Waals surface area contributed by atoms with E-state index in [1.165, 1.54) is 69.1 Å². The molecule has 4 aromatic carbocycles. The fourth-order valence-corrected chi connectivity index (χ4v) is 4.58. The smallest absolute Gasteiger partial charge is 0.0771 e. The molecule has 0 radical (unpaired) electrons. The van der Waals surface area contributed by atoms with Gasteiger partial charge in [0.15, 0.2) is 0 Å². The first-order valence-electron chi connectivity index (χ1n) is 11.3. The Morgan fingerprint density at radius 1 is 0.857 bits per heavy atom. The van der Waals surface area contributed by atoms with Crippen molar-refractivity contribution >= 4 is 25.3 Å². The van der Waals surface area contributed by atoms with E-state index in [2.05, 4.69) is 101 Å². The summed E-state index contributed by atoms with van der Waals surface area (Å²) in [5, 5.41) is 5.39. The molecule has 1 atom stereocenters. The third kappa shape index (κ3) is 8.71. The molecule has 1 aliphatic carbocycles. The summed E-state index contributed by atoms with van der Waals surface area (Å²) < 4.78 is 14.2. The van der Waals surface area contributed by atoms with Crippen LogP contribution >= 0.6 is 0 Å². The Bertz CT molecular complexity index is 1240. The van der Waals surface area contributed by atoms with Crippen LogP contribution in [-0.2, 0) is 24.2 Å². The first kappa shape index (κ1) is 31.3. The van der Waals surface area contributed by atoms with Gasteiger partial charge in [-0.2, -0.15) is 11.6 Å². The molecule has 4 aromatic rings. The number of benzene rings is 3. The van der Waals surface area contributed by atoms with Gasteiger partial charge < -0.3 is 24.8 Å². The zero-order chi connectivity index (χ0) is 24.0. The van der Waals surface area contributed by atoms with Crippen LogP contribution in [0.5, 0.6) is 0 Å². The molecule has 0 bridgehead atoms. The largest absolute Gasteiger partial charge is 1.00 e. The van der Waals surface area contributed by atoms with Gasteiger partial charge in [-0.1, -0.05) is 82.3 Å². The Morgan fingerprint density at radius 2 is 1.34 bits per heavy atom. The molecule has 182 valence electrons. The molecular formula is C31H31Cl2FZr-2. The normalized spacial score (nSPS) is 14.3. The Morgan fingerprint density at radius 3 is 1.71 bits per heavy atom. The molecule has 1 unspecified atom stereocenters. The van der Waals surface area contributed by atoms with Gasteiger partial charge in [0, 0.05) is 0 Å². The second-order valence-corrected chi connectivity index (χ2v) is 10.1. The third-order valence-corrected chi connectivity index (χ3v) is 6.45. The molecule has 5 rings (SSSR count). The van der Waals surface area contributed by atoms with E-state index in [1.54, 1.807) is 12.1 Å². The van der Waals surface area contributed by atoms with E-state index in [0.717, 1.165) is 5.56 Å². The van der Waals surface area contributed by atoms with Gasteiger partial charge in [0.2, 0.25) is 0 Å². The van der Waals surface area contributed by atoms with Crippen molar-refractivity contribution < 1.29 is 53.4 Å². The van der Waals surface area contributed by atoms with Crippen LogP contribution < -0.4 is 24.8 Å². The Hall–Kier alpha value is -1.73. The van der Waals surface area contributed by atoms with E-state index in [9.17, 15) is 4.39 Å². The summed E-state index contributed by atoms with van der Waals surface area (Å²) in [6.45, 7) is 11.1. The average Bonchev–Trinajstić information content (AvgIpc) is 3.34. The molecule has 0 fully saturated rings. The molecule has 0 saturated carbocycles. The number of hydrogen-bond acceptors (Lipinski definition) is 0. The van der Waals surface area contributed by atoms with Gasteiger partial charge in [-0.05, 0) is 0 Å². The molecule has 0 spiro atoms. The zero-order valence-electron chi connectivity index (χ0n) is 20.9. The molecule has 4 heteroatoms. The number of rotatable bonds is 1. The summed E-state index contributed by atoms with van der Waals surface area (Å²) >= 11 is 1.34. The van der Waals surface area contributed by atoms with Gasteiger partial charge in [0.25, 0.3) is 0 Å². The van der Waals surface area contributed by atoms with Crippen LogP contribution in [0.15, 0.2) is 96.1 Å². The van der Waals surface area contributed by atoms with Crippen LogP contribution in [0.3, 0.4) is 0 Å². The summed E-state index contributed by atoms with van der Waals surface area (Å²) in [4.78, 5) is 0. The number of hydrogen-bond donors (Lipinski definition) is 0. The average molecular weight is 585 g/mol. The van der Waals surface area contributed by atoms with E-state index in [0.29, 0.717) is 11.3 Å². The summed E-state index contributed by atoms with van der Waals surface area (Å²) in [6.07, 6.45) is 5.71. The molecule has 35 heavy (non-hydrogen) atoms. The SMILES string of the molecule is CC1=[C-]C(C)C=C1C(C)(C)C.Fc1ccc([CH]=[Zr+2])cc1.[Cl-].[Cl-].c1ccc2c(c1)[cH-]c1ccccc12. The minimum atomic E-state index is -0.170. The predicted octanol–water partition coefficient (Wildman–Crippen LogP) is 2.60. The van der Waals surface area contributed by atoms with Gasteiger partial charge in [-0.15, -0.1) is 39.7 Å². The maximum absolute atomic E-state index is 12.2. The molecule has 0 nitrogen and oxygen atoms in total. The summed E-state index contributed by atoms with van der Waals surface area (Å²) in [6, 6.07) is 25.7. The van der Waals surface area contributed by atoms with Gasteiger partial charge in [-0.25, -0.2) is 5.57 Å². The van der Waals surface area contributed by atoms with Crippen LogP contribution in [0.1, 0.15) is 40.2 Å². The first-order chi connectivity index (χ1) is 15.7. The van der Waals surface area contributed by atoms with Crippen molar-refractivity contribution in [3.05, 3.63) is 114 Å².